The van der Waals surface area contributed by atoms with Crippen molar-refractivity contribution in [2.45, 2.75) is 13.0 Å². The molecule has 2 aromatic heterocycles. The van der Waals surface area contributed by atoms with E-state index in [1.807, 2.05) is 34.9 Å². The smallest absolute Gasteiger partial charge is 0.261 e. The third kappa shape index (κ3) is 3.22. The van der Waals surface area contributed by atoms with Gasteiger partial charge < -0.3 is 0 Å². The van der Waals surface area contributed by atoms with E-state index in [4.69, 9.17) is 16.6 Å². The molecular formula is C25H17ClN6O2. The summed E-state index contributed by atoms with van der Waals surface area (Å²) < 4.78 is 1.93. The van der Waals surface area contributed by atoms with Crippen molar-refractivity contribution in [1.82, 2.24) is 24.6 Å². The summed E-state index contributed by atoms with van der Waals surface area (Å²) in [6.07, 6.45) is 2.07. The van der Waals surface area contributed by atoms with Gasteiger partial charge in [0.15, 0.2) is 5.82 Å². The fourth-order valence-electron chi connectivity index (χ4n) is 4.40. The highest BCUT2D eigenvalue weighted by molar-refractivity contribution is 6.31. The minimum atomic E-state index is -0.288. The molecule has 0 saturated heterocycles. The van der Waals surface area contributed by atoms with E-state index in [-0.39, 0.29) is 18.4 Å². The number of rotatable bonds is 4. The number of aliphatic imine (C=N–C) groups is 1. The van der Waals surface area contributed by atoms with Crippen molar-refractivity contribution >= 4 is 29.1 Å². The van der Waals surface area contributed by atoms with Gasteiger partial charge in [-0.05, 0) is 42.5 Å². The summed E-state index contributed by atoms with van der Waals surface area (Å²) in [4.78, 5) is 36.0. The first-order chi connectivity index (χ1) is 16.6. The quantitative estimate of drug-likeness (QED) is 0.427. The fraction of sp³-hybridized carbons (Fsp3) is 0.120. The van der Waals surface area contributed by atoms with Gasteiger partial charge in [-0.2, -0.15) is 0 Å². The van der Waals surface area contributed by atoms with Crippen molar-refractivity contribution < 1.29 is 9.59 Å². The predicted molar refractivity (Wildman–Crippen MR) is 125 cm³/mol. The molecule has 34 heavy (non-hydrogen) atoms. The van der Waals surface area contributed by atoms with Crippen molar-refractivity contribution in [2.24, 2.45) is 4.99 Å². The predicted octanol–water partition coefficient (Wildman–Crippen LogP) is 3.51. The molecule has 0 bridgehead atoms. The standard InChI is InChI=1S/C25H17ClN6O2/c26-15-8-9-20-18(13-15)23(19-7-3-4-11-27-19)28-14-22-30-29-21(32(20)22)10-12-31-24(33)16-5-1-2-6-17(16)25(31)34/h1-9,11,13H,10,12,14H2. The van der Waals surface area contributed by atoms with Crippen LogP contribution in [0.1, 0.15) is 43.6 Å². The second-order valence-electron chi connectivity index (χ2n) is 7.97. The van der Waals surface area contributed by atoms with E-state index in [1.54, 1.807) is 36.5 Å². The van der Waals surface area contributed by atoms with Crippen LogP contribution in [0.15, 0.2) is 71.9 Å². The SMILES string of the molecule is O=C1c2ccccc2C(=O)N1CCc1nnc2n1-c1ccc(Cl)cc1C(c1ccccn1)=NC2. The number of aromatic nitrogens is 4. The summed E-state index contributed by atoms with van der Waals surface area (Å²) in [5.74, 6) is 0.716. The molecule has 2 aromatic carbocycles. The largest absolute Gasteiger partial charge is 0.281 e. The van der Waals surface area contributed by atoms with E-state index < -0.39 is 0 Å². The van der Waals surface area contributed by atoms with Crippen LogP contribution in [-0.2, 0) is 13.0 Å². The van der Waals surface area contributed by atoms with E-state index in [2.05, 4.69) is 15.2 Å². The van der Waals surface area contributed by atoms with Gasteiger partial charge in [-0.15, -0.1) is 10.2 Å². The maximum Gasteiger partial charge on any atom is 0.261 e. The lowest BCUT2D eigenvalue weighted by Crippen LogP contribution is -2.32. The van der Waals surface area contributed by atoms with Crippen molar-refractivity contribution in [2.75, 3.05) is 6.54 Å². The van der Waals surface area contributed by atoms with Crippen LogP contribution in [0.2, 0.25) is 5.02 Å². The number of carbonyl (C=O) groups excluding carboxylic acids is 2. The van der Waals surface area contributed by atoms with Crippen molar-refractivity contribution in [3.05, 3.63) is 106 Å². The molecule has 0 atom stereocenters. The zero-order valence-electron chi connectivity index (χ0n) is 17.8. The number of hydrogen-bond acceptors (Lipinski definition) is 6. The number of imide groups is 1. The number of halogens is 1. The summed E-state index contributed by atoms with van der Waals surface area (Å²) >= 11 is 6.35. The lowest BCUT2D eigenvalue weighted by molar-refractivity contribution is 0.0655. The number of amides is 2. The number of nitrogens with zero attached hydrogens (tertiary/aromatic N) is 6. The molecule has 0 saturated carbocycles. The summed E-state index contributed by atoms with van der Waals surface area (Å²) in [5.41, 5.74) is 3.95. The van der Waals surface area contributed by atoms with E-state index in [1.165, 1.54) is 4.90 Å². The van der Waals surface area contributed by atoms with Gasteiger partial charge in [0, 0.05) is 29.7 Å². The highest BCUT2D eigenvalue weighted by Gasteiger charge is 2.35. The Hall–Kier alpha value is -4.17. The minimum absolute atomic E-state index is 0.196. The van der Waals surface area contributed by atoms with Crippen LogP contribution in [0.4, 0.5) is 0 Å². The lowest BCUT2D eigenvalue weighted by Gasteiger charge is -2.16. The molecular weight excluding hydrogens is 452 g/mol. The van der Waals surface area contributed by atoms with E-state index in [0.717, 1.165) is 22.7 Å². The van der Waals surface area contributed by atoms with Gasteiger partial charge in [0.05, 0.1) is 28.2 Å². The third-order valence-electron chi connectivity index (χ3n) is 5.98. The topological polar surface area (TPSA) is 93.3 Å². The highest BCUT2D eigenvalue weighted by atomic mass is 35.5. The van der Waals surface area contributed by atoms with Crippen LogP contribution in [-0.4, -0.2) is 48.7 Å². The molecule has 0 fully saturated rings. The van der Waals surface area contributed by atoms with Gasteiger partial charge in [-0.1, -0.05) is 29.8 Å². The molecule has 0 spiro atoms. The highest BCUT2D eigenvalue weighted by Crippen LogP contribution is 2.28. The third-order valence-corrected chi connectivity index (χ3v) is 6.21. The molecule has 0 radical (unpaired) electrons. The summed E-state index contributed by atoms with van der Waals surface area (Å²) in [6, 6.07) is 18.1. The molecule has 2 aliphatic rings. The van der Waals surface area contributed by atoms with Gasteiger partial charge in [0.2, 0.25) is 0 Å². The van der Waals surface area contributed by atoms with E-state index >= 15 is 0 Å². The number of hydrogen-bond donors (Lipinski definition) is 0. The van der Waals surface area contributed by atoms with Gasteiger partial charge in [0.25, 0.3) is 11.8 Å². The lowest BCUT2D eigenvalue weighted by atomic mass is 10.0. The van der Waals surface area contributed by atoms with Crippen molar-refractivity contribution in [3.63, 3.8) is 0 Å². The van der Waals surface area contributed by atoms with Crippen LogP contribution in [0, 0.1) is 0 Å². The Balaban J connectivity index is 1.36. The number of pyridine rings is 1. The number of fused-ring (bicyclic) bond motifs is 4. The molecule has 166 valence electrons. The molecule has 8 nitrogen and oxygen atoms in total. The Morgan fingerprint density at radius 1 is 0.882 bits per heavy atom. The molecule has 2 amide bonds. The Morgan fingerprint density at radius 2 is 1.65 bits per heavy atom. The summed E-state index contributed by atoms with van der Waals surface area (Å²) in [6.45, 7) is 0.500. The van der Waals surface area contributed by atoms with Crippen molar-refractivity contribution in [3.8, 4) is 5.69 Å². The monoisotopic (exact) mass is 468 g/mol. The van der Waals surface area contributed by atoms with Gasteiger partial charge in [-0.25, -0.2) is 0 Å². The van der Waals surface area contributed by atoms with Crippen LogP contribution in [0.25, 0.3) is 5.69 Å². The number of carbonyl (C=O) groups is 2. The summed E-state index contributed by atoms with van der Waals surface area (Å²) in [7, 11) is 0. The fourth-order valence-corrected chi connectivity index (χ4v) is 4.57. The molecule has 6 rings (SSSR count). The average Bonchev–Trinajstić information content (AvgIpc) is 3.31. The van der Waals surface area contributed by atoms with Crippen LogP contribution in [0.3, 0.4) is 0 Å². The van der Waals surface area contributed by atoms with Crippen molar-refractivity contribution in [1.29, 1.82) is 0 Å². The maximum atomic E-state index is 12.8. The Bertz CT molecular complexity index is 1460. The second kappa shape index (κ2) is 8.00. The molecule has 4 aromatic rings. The first-order valence-electron chi connectivity index (χ1n) is 10.8. The first-order valence-corrected chi connectivity index (χ1v) is 11.1. The normalized spacial score (nSPS) is 14.4. The summed E-state index contributed by atoms with van der Waals surface area (Å²) in [5, 5.41) is 9.29. The van der Waals surface area contributed by atoms with Crippen LogP contribution >= 0.6 is 11.6 Å². The zero-order valence-corrected chi connectivity index (χ0v) is 18.6. The number of benzene rings is 2. The molecule has 4 heterocycles. The van der Waals surface area contributed by atoms with Crippen LogP contribution in [0.5, 0.6) is 0 Å². The van der Waals surface area contributed by atoms with Crippen LogP contribution < -0.4 is 0 Å². The molecule has 0 unspecified atom stereocenters. The molecule has 9 heteroatoms. The molecule has 2 aliphatic heterocycles. The Labute approximate surface area is 199 Å². The van der Waals surface area contributed by atoms with Gasteiger partial charge in [-0.3, -0.25) is 29.0 Å². The minimum Gasteiger partial charge on any atom is -0.281 e. The van der Waals surface area contributed by atoms with Gasteiger partial charge in [0.1, 0.15) is 12.4 Å². The Kier molecular flexibility index (Phi) is 4.81. The molecule has 0 N–H and O–H groups in total. The second-order valence-corrected chi connectivity index (χ2v) is 8.40. The average molecular weight is 469 g/mol. The van der Waals surface area contributed by atoms with E-state index in [0.29, 0.717) is 40.8 Å². The van der Waals surface area contributed by atoms with E-state index in [9.17, 15) is 9.59 Å². The van der Waals surface area contributed by atoms with Gasteiger partial charge >= 0.3 is 0 Å². The zero-order chi connectivity index (χ0) is 23.2. The Morgan fingerprint density at radius 3 is 2.38 bits per heavy atom. The molecule has 0 aliphatic carbocycles. The first kappa shape index (κ1) is 20.4. The maximum absolute atomic E-state index is 12.8.